The van der Waals surface area contributed by atoms with Gasteiger partial charge >= 0.3 is 0 Å². The van der Waals surface area contributed by atoms with Crippen LogP contribution in [0, 0.1) is 10.8 Å². The minimum atomic E-state index is 0.209. The lowest BCUT2D eigenvalue weighted by atomic mass is 9.89. The summed E-state index contributed by atoms with van der Waals surface area (Å²) in [5, 5.41) is 21.2. The highest BCUT2D eigenvalue weighted by molar-refractivity contribution is 7.25. The van der Waals surface area contributed by atoms with Crippen LogP contribution in [-0.4, -0.2) is 26.4 Å². The minimum Gasteiger partial charge on any atom is -0.299 e. The molecule has 0 unspecified atom stereocenters. The normalized spacial score (nSPS) is 12.9. The van der Waals surface area contributed by atoms with Gasteiger partial charge in [-0.2, -0.15) is 0 Å². The van der Waals surface area contributed by atoms with Crippen molar-refractivity contribution >= 4 is 59.8 Å². The van der Waals surface area contributed by atoms with Crippen LogP contribution in [0.1, 0.15) is 11.1 Å². The predicted octanol–water partition coefficient (Wildman–Crippen LogP) is 8.81. The van der Waals surface area contributed by atoms with Gasteiger partial charge in [0, 0.05) is 42.4 Å². The van der Waals surface area contributed by atoms with Crippen LogP contribution < -0.4 is 0 Å². The van der Waals surface area contributed by atoms with Gasteiger partial charge in [0.25, 0.3) is 0 Å². The molecule has 0 fully saturated rings. The highest BCUT2D eigenvalue weighted by atomic mass is 32.1. The molecule has 192 valence electrons. The Morgan fingerprint density at radius 2 is 1.17 bits per heavy atom. The summed E-state index contributed by atoms with van der Waals surface area (Å²) in [5.74, 6) is 1.79. The topological polar surface area (TPSA) is 86.4 Å². The summed E-state index contributed by atoms with van der Waals surface area (Å²) in [6.07, 6.45) is 3.58. The molecular weight excluding hydrogens is 522 g/mol. The summed E-state index contributed by atoms with van der Waals surface area (Å²) in [4.78, 5) is 14.8. The summed E-state index contributed by atoms with van der Waals surface area (Å²) in [6.45, 7) is 0. The van der Waals surface area contributed by atoms with E-state index in [0.717, 1.165) is 38.6 Å². The molecule has 0 amide bonds. The van der Waals surface area contributed by atoms with E-state index in [4.69, 9.17) is 25.8 Å². The Hall–Kier alpha value is -5.33. The zero-order valence-corrected chi connectivity index (χ0v) is 22.5. The van der Waals surface area contributed by atoms with Crippen LogP contribution >= 0.6 is 11.3 Å². The molecule has 2 N–H and O–H groups in total. The van der Waals surface area contributed by atoms with Crippen molar-refractivity contribution in [1.82, 2.24) is 15.0 Å². The molecule has 0 aliphatic heterocycles. The van der Waals surface area contributed by atoms with Crippen LogP contribution in [0.5, 0.6) is 0 Å². The Morgan fingerprint density at radius 1 is 0.512 bits per heavy atom. The highest BCUT2D eigenvalue weighted by Crippen LogP contribution is 2.37. The summed E-state index contributed by atoms with van der Waals surface area (Å²) in [5.41, 5.74) is 4.83. The molecule has 1 aliphatic rings. The molecule has 0 atom stereocenters. The van der Waals surface area contributed by atoms with Crippen molar-refractivity contribution < 1.29 is 0 Å². The molecule has 0 saturated heterocycles. The summed E-state index contributed by atoms with van der Waals surface area (Å²) < 4.78 is 2.45. The Morgan fingerprint density at radius 3 is 2.00 bits per heavy atom. The Balaban J connectivity index is 1.34. The second-order valence-electron chi connectivity index (χ2n) is 10.1. The van der Waals surface area contributed by atoms with Gasteiger partial charge in [0.05, 0.1) is 11.4 Å². The average molecular weight is 544 g/mol. The van der Waals surface area contributed by atoms with Gasteiger partial charge in [0.1, 0.15) is 0 Å². The molecule has 0 spiro atoms. The number of nitrogens with zero attached hydrogens (tertiary/aromatic N) is 3. The van der Waals surface area contributed by atoms with Crippen LogP contribution in [-0.2, 0) is 0 Å². The summed E-state index contributed by atoms with van der Waals surface area (Å²) in [6, 6.07) is 35.0. The molecule has 0 saturated carbocycles. The fraction of sp³-hybridized carbons (Fsp3) is 0. The Bertz CT molecular complexity index is 2250. The number of nitrogens with one attached hydrogen (secondary N) is 2. The van der Waals surface area contributed by atoms with Crippen LogP contribution in [0.3, 0.4) is 0 Å². The predicted molar refractivity (Wildman–Crippen MR) is 170 cm³/mol. The van der Waals surface area contributed by atoms with Crippen molar-refractivity contribution in [2.75, 3.05) is 0 Å². The van der Waals surface area contributed by atoms with E-state index in [0.29, 0.717) is 17.5 Å². The number of thiophene rings is 1. The maximum absolute atomic E-state index is 8.62. The minimum absolute atomic E-state index is 0.209. The number of hydrogen-bond donors (Lipinski definition) is 2. The number of benzene rings is 5. The fourth-order valence-electron chi connectivity index (χ4n) is 5.50. The molecule has 5 nitrogen and oxygen atoms in total. The third-order valence-corrected chi connectivity index (χ3v) is 8.70. The van der Waals surface area contributed by atoms with Crippen molar-refractivity contribution in [2.24, 2.45) is 0 Å². The number of allylic oxidation sites excluding steroid dienone is 1. The van der Waals surface area contributed by atoms with Crippen LogP contribution in [0.25, 0.3) is 71.2 Å². The van der Waals surface area contributed by atoms with Gasteiger partial charge in [-0.15, -0.1) is 11.3 Å². The van der Waals surface area contributed by atoms with E-state index in [-0.39, 0.29) is 11.4 Å². The number of hydrogen-bond acceptors (Lipinski definition) is 6. The molecule has 2 aromatic heterocycles. The molecule has 7 aromatic rings. The summed E-state index contributed by atoms with van der Waals surface area (Å²) in [7, 11) is 0. The number of rotatable bonds is 3. The average Bonchev–Trinajstić information content (AvgIpc) is 3.40. The van der Waals surface area contributed by atoms with Crippen molar-refractivity contribution in [3.8, 4) is 34.2 Å². The van der Waals surface area contributed by atoms with Crippen molar-refractivity contribution in [3.63, 3.8) is 0 Å². The fourth-order valence-corrected chi connectivity index (χ4v) is 6.65. The first-order valence-corrected chi connectivity index (χ1v) is 14.1. The lowest BCUT2D eigenvalue weighted by Crippen LogP contribution is -2.16. The van der Waals surface area contributed by atoms with Crippen LogP contribution in [0.15, 0.2) is 109 Å². The summed E-state index contributed by atoms with van der Waals surface area (Å²) >= 11 is 1.77. The van der Waals surface area contributed by atoms with Gasteiger partial charge in [-0.25, -0.2) is 15.0 Å². The van der Waals surface area contributed by atoms with Gasteiger partial charge in [0.2, 0.25) is 0 Å². The molecule has 0 bridgehead atoms. The second-order valence-corrected chi connectivity index (χ2v) is 11.2. The molecule has 5 aromatic carbocycles. The lowest BCUT2D eigenvalue weighted by Gasteiger charge is -2.16. The molecule has 41 heavy (non-hydrogen) atoms. The van der Waals surface area contributed by atoms with E-state index >= 15 is 0 Å². The number of aromatic nitrogens is 3. The molecule has 2 heterocycles. The Kier molecular flexibility index (Phi) is 5.23. The third-order valence-electron chi connectivity index (χ3n) is 7.57. The van der Waals surface area contributed by atoms with Gasteiger partial charge in [-0.05, 0) is 40.6 Å². The van der Waals surface area contributed by atoms with Gasteiger partial charge in [-0.3, -0.25) is 10.8 Å². The lowest BCUT2D eigenvalue weighted by molar-refractivity contribution is 1.08. The quantitative estimate of drug-likeness (QED) is 0.233. The maximum Gasteiger partial charge on any atom is 0.164 e. The zero-order valence-electron chi connectivity index (χ0n) is 21.7. The van der Waals surface area contributed by atoms with E-state index < -0.39 is 0 Å². The van der Waals surface area contributed by atoms with E-state index in [1.54, 1.807) is 17.4 Å². The molecular formula is C35H21N5S. The van der Waals surface area contributed by atoms with E-state index in [1.165, 1.54) is 20.2 Å². The first-order chi connectivity index (χ1) is 20.1. The second kappa shape index (κ2) is 9.11. The van der Waals surface area contributed by atoms with Crippen molar-refractivity contribution in [3.05, 3.63) is 120 Å². The monoisotopic (exact) mass is 543 g/mol. The van der Waals surface area contributed by atoms with Gasteiger partial charge in [-0.1, -0.05) is 91.0 Å². The zero-order chi connectivity index (χ0) is 27.5. The van der Waals surface area contributed by atoms with Crippen molar-refractivity contribution in [2.45, 2.75) is 0 Å². The molecule has 8 rings (SSSR count). The smallest absolute Gasteiger partial charge is 0.164 e. The SMILES string of the molecule is N=C1C=Cc2ccc3ccc(-c4nc(-c5ccccc5)nc(-c5ccc6c(c5)sc5ccccc56)n4)cc3c2C1=N. The van der Waals surface area contributed by atoms with E-state index in [1.807, 2.05) is 60.7 Å². The van der Waals surface area contributed by atoms with Gasteiger partial charge in [0.15, 0.2) is 17.5 Å². The first-order valence-electron chi connectivity index (χ1n) is 13.3. The highest BCUT2D eigenvalue weighted by Gasteiger charge is 2.19. The van der Waals surface area contributed by atoms with Crippen LogP contribution in [0.4, 0.5) is 0 Å². The van der Waals surface area contributed by atoms with Gasteiger partial charge < -0.3 is 0 Å². The third kappa shape index (κ3) is 3.88. The largest absolute Gasteiger partial charge is 0.299 e. The molecule has 1 aliphatic carbocycles. The first kappa shape index (κ1) is 23.5. The van der Waals surface area contributed by atoms with E-state index in [2.05, 4.69) is 48.5 Å². The van der Waals surface area contributed by atoms with Crippen molar-refractivity contribution in [1.29, 1.82) is 10.8 Å². The molecule has 0 radical (unpaired) electrons. The standard InChI is InChI=1S/C35H21N5S/c36-28-17-15-21-12-10-20-11-13-23(18-27(20)31(21)32(28)37)34-38-33(22-6-2-1-3-7-22)39-35(40-34)24-14-16-26-25-8-4-5-9-29(25)41-30(26)19-24/h1-19,36-37H. The maximum atomic E-state index is 8.62. The Labute approximate surface area is 239 Å². The van der Waals surface area contributed by atoms with E-state index in [9.17, 15) is 0 Å². The molecule has 6 heteroatoms. The number of fused-ring (bicyclic) bond motifs is 6. The van der Waals surface area contributed by atoms with Crippen LogP contribution in [0.2, 0.25) is 0 Å².